The topological polar surface area (TPSA) is 37.4 Å². The van der Waals surface area contributed by atoms with Crippen molar-refractivity contribution in [3.8, 4) is 0 Å². The van der Waals surface area contributed by atoms with E-state index in [4.69, 9.17) is 16.3 Å². The first-order valence-electron chi connectivity index (χ1n) is 6.99. The number of hydrogen-bond acceptors (Lipinski definition) is 4. The average Bonchev–Trinajstić information content (AvgIpc) is 2.44. The molecule has 0 aliphatic carbocycles. The minimum atomic E-state index is 0.451. The first-order valence-corrected chi connectivity index (χ1v) is 8.17. The van der Waals surface area contributed by atoms with E-state index in [-0.39, 0.29) is 0 Å². The maximum absolute atomic E-state index is 6.34. The van der Waals surface area contributed by atoms with E-state index in [1.165, 1.54) is 19.3 Å². The molecular formula is C14H21BrClN3O. The van der Waals surface area contributed by atoms with Gasteiger partial charge in [0.2, 0.25) is 0 Å². The fourth-order valence-corrected chi connectivity index (χ4v) is 3.29. The van der Waals surface area contributed by atoms with Gasteiger partial charge in [0.15, 0.2) is 0 Å². The lowest BCUT2D eigenvalue weighted by atomic mass is 10.0. The van der Waals surface area contributed by atoms with Gasteiger partial charge >= 0.3 is 0 Å². The third kappa shape index (κ3) is 4.32. The fraction of sp³-hybridized carbons (Fsp3) is 0.643. The van der Waals surface area contributed by atoms with Crippen molar-refractivity contribution in [2.45, 2.75) is 25.3 Å². The third-order valence-corrected chi connectivity index (χ3v) is 4.26. The molecule has 0 bridgehead atoms. The van der Waals surface area contributed by atoms with Gasteiger partial charge in [-0.1, -0.05) is 11.6 Å². The van der Waals surface area contributed by atoms with Crippen molar-refractivity contribution < 1.29 is 4.74 Å². The summed E-state index contributed by atoms with van der Waals surface area (Å²) in [6.45, 7) is 3.58. The number of halogens is 2. The molecule has 1 unspecified atom stereocenters. The second-order valence-electron chi connectivity index (χ2n) is 5.00. The fourth-order valence-electron chi connectivity index (χ4n) is 2.55. The predicted octanol–water partition coefficient (Wildman–Crippen LogP) is 3.09. The van der Waals surface area contributed by atoms with Crippen LogP contribution < -0.4 is 10.2 Å². The first-order chi connectivity index (χ1) is 9.72. The number of rotatable bonds is 6. The van der Waals surface area contributed by atoms with Crippen LogP contribution in [0.4, 0.5) is 5.82 Å². The van der Waals surface area contributed by atoms with Gasteiger partial charge in [0, 0.05) is 43.5 Å². The Hall–Kier alpha value is -0.360. The normalized spacial score (nSPS) is 19.4. The van der Waals surface area contributed by atoms with Crippen LogP contribution in [0.3, 0.4) is 0 Å². The molecule has 1 fully saturated rings. The smallest absolute Gasteiger partial charge is 0.147 e. The molecule has 1 saturated heterocycles. The van der Waals surface area contributed by atoms with Gasteiger partial charge in [0.25, 0.3) is 0 Å². The highest BCUT2D eigenvalue weighted by Crippen LogP contribution is 2.30. The van der Waals surface area contributed by atoms with Crippen molar-refractivity contribution in [2.75, 3.05) is 38.3 Å². The number of nitrogens with one attached hydrogen (secondary N) is 1. The summed E-state index contributed by atoms with van der Waals surface area (Å²) in [5.74, 6) is 0.896. The molecule has 20 heavy (non-hydrogen) atoms. The van der Waals surface area contributed by atoms with Gasteiger partial charge in [-0.15, -0.1) is 0 Å². The molecule has 1 aliphatic heterocycles. The Labute approximate surface area is 134 Å². The van der Waals surface area contributed by atoms with Crippen LogP contribution >= 0.6 is 27.5 Å². The van der Waals surface area contributed by atoms with Crippen molar-refractivity contribution in [3.63, 3.8) is 0 Å². The molecule has 1 atom stereocenters. The minimum Gasteiger partial charge on any atom is -0.383 e. The highest BCUT2D eigenvalue weighted by Gasteiger charge is 2.24. The molecule has 112 valence electrons. The molecule has 1 aromatic heterocycles. The summed E-state index contributed by atoms with van der Waals surface area (Å²) in [7, 11) is 1.72. The second kappa shape index (κ2) is 8.17. The molecule has 1 aromatic rings. The molecule has 4 nitrogen and oxygen atoms in total. The number of anilines is 1. The maximum Gasteiger partial charge on any atom is 0.147 e. The van der Waals surface area contributed by atoms with Gasteiger partial charge in [-0.25, -0.2) is 4.98 Å². The van der Waals surface area contributed by atoms with Crippen molar-refractivity contribution in [3.05, 3.63) is 21.8 Å². The summed E-state index contributed by atoms with van der Waals surface area (Å²) in [5, 5.41) is 4.15. The number of aromatic nitrogens is 1. The van der Waals surface area contributed by atoms with Crippen molar-refractivity contribution in [1.82, 2.24) is 10.3 Å². The molecule has 0 aromatic carbocycles. The molecule has 0 saturated carbocycles. The Balaban J connectivity index is 2.02. The Kier molecular flexibility index (Phi) is 6.55. The van der Waals surface area contributed by atoms with E-state index in [1.807, 2.05) is 12.3 Å². The highest BCUT2D eigenvalue weighted by atomic mass is 79.9. The summed E-state index contributed by atoms with van der Waals surface area (Å²) >= 11 is 9.74. The van der Waals surface area contributed by atoms with E-state index in [0.29, 0.717) is 11.1 Å². The second-order valence-corrected chi connectivity index (χ2v) is 6.32. The van der Waals surface area contributed by atoms with Crippen molar-refractivity contribution in [1.29, 1.82) is 0 Å². The van der Waals surface area contributed by atoms with Crippen LogP contribution in [-0.2, 0) is 4.74 Å². The summed E-state index contributed by atoms with van der Waals surface area (Å²) < 4.78 is 5.98. The highest BCUT2D eigenvalue weighted by molar-refractivity contribution is 9.10. The quantitative estimate of drug-likeness (QED) is 0.789. The van der Waals surface area contributed by atoms with Crippen LogP contribution in [-0.4, -0.2) is 44.4 Å². The van der Waals surface area contributed by atoms with Crippen molar-refractivity contribution in [2.24, 2.45) is 0 Å². The van der Waals surface area contributed by atoms with Crippen LogP contribution in [0.25, 0.3) is 0 Å². The third-order valence-electron chi connectivity index (χ3n) is 3.55. The Bertz CT molecular complexity index is 433. The summed E-state index contributed by atoms with van der Waals surface area (Å²) in [6.07, 6.45) is 5.45. The molecule has 2 heterocycles. The lowest BCUT2D eigenvalue weighted by Gasteiger charge is -2.37. The Morgan fingerprint density at radius 1 is 1.55 bits per heavy atom. The van der Waals surface area contributed by atoms with Gasteiger partial charge in [-0.3, -0.25) is 0 Å². The molecule has 1 aliphatic rings. The molecule has 0 radical (unpaired) electrons. The molecule has 1 N–H and O–H groups in total. The van der Waals surface area contributed by atoms with E-state index in [0.717, 1.165) is 36.5 Å². The van der Waals surface area contributed by atoms with Crippen LogP contribution in [0.5, 0.6) is 0 Å². The van der Waals surface area contributed by atoms with Gasteiger partial charge in [0.1, 0.15) is 5.82 Å². The zero-order valence-electron chi connectivity index (χ0n) is 11.7. The SMILES string of the molecule is COCCNCC1CCCCN1c1ncc(Br)cc1Cl. The van der Waals surface area contributed by atoms with E-state index in [2.05, 4.69) is 31.1 Å². The maximum atomic E-state index is 6.34. The van der Waals surface area contributed by atoms with Gasteiger partial charge < -0.3 is 15.0 Å². The lowest BCUT2D eigenvalue weighted by Crippen LogP contribution is -2.46. The van der Waals surface area contributed by atoms with Gasteiger partial charge in [-0.2, -0.15) is 0 Å². The number of methoxy groups -OCH3 is 1. The van der Waals surface area contributed by atoms with Crippen LogP contribution in [0.2, 0.25) is 5.02 Å². The van der Waals surface area contributed by atoms with Gasteiger partial charge in [-0.05, 0) is 41.3 Å². The van der Waals surface area contributed by atoms with E-state index >= 15 is 0 Å². The molecule has 6 heteroatoms. The van der Waals surface area contributed by atoms with Gasteiger partial charge in [0.05, 0.1) is 11.6 Å². The largest absolute Gasteiger partial charge is 0.383 e. The summed E-state index contributed by atoms with van der Waals surface area (Å²) in [4.78, 5) is 6.82. The Morgan fingerprint density at radius 3 is 3.15 bits per heavy atom. The Morgan fingerprint density at radius 2 is 2.40 bits per heavy atom. The molecule has 2 rings (SSSR count). The van der Waals surface area contributed by atoms with E-state index < -0.39 is 0 Å². The first kappa shape index (κ1) is 16.0. The molecular weight excluding hydrogens is 342 g/mol. The number of nitrogens with zero attached hydrogens (tertiary/aromatic N) is 2. The van der Waals surface area contributed by atoms with Crippen LogP contribution in [0, 0.1) is 0 Å². The zero-order chi connectivity index (χ0) is 14.4. The average molecular weight is 363 g/mol. The van der Waals surface area contributed by atoms with E-state index in [9.17, 15) is 0 Å². The van der Waals surface area contributed by atoms with E-state index in [1.54, 1.807) is 7.11 Å². The number of pyridine rings is 1. The molecule has 0 spiro atoms. The summed E-state index contributed by atoms with van der Waals surface area (Å²) in [5.41, 5.74) is 0. The summed E-state index contributed by atoms with van der Waals surface area (Å²) in [6, 6.07) is 2.36. The number of piperidine rings is 1. The van der Waals surface area contributed by atoms with Crippen LogP contribution in [0.1, 0.15) is 19.3 Å². The minimum absolute atomic E-state index is 0.451. The monoisotopic (exact) mass is 361 g/mol. The van der Waals surface area contributed by atoms with Crippen molar-refractivity contribution >= 4 is 33.3 Å². The standard InChI is InChI=1S/C14H21BrClN3O/c1-20-7-5-17-10-12-4-2-3-6-19(12)14-13(16)8-11(15)9-18-14/h8-9,12,17H,2-7,10H2,1H3. The molecule has 0 amide bonds. The zero-order valence-corrected chi connectivity index (χ0v) is 14.1. The predicted molar refractivity (Wildman–Crippen MR) is 86.7 cm³/mol. The van der Waals surface area contributed by atoms with Crippen LogP contribution in [0.15, 0.2) is 16.7 Å². The lowest BCUT2D eigenvalue weighted by molar-refractivity contribution is 0.198. The number of ether oxygens (including phenoxy) is 1. The number of hydrogen-bond donors (Lipinski definition) is 1.